The van der Waals surface area contributed by atoms with E-state index < -0.39 is 82.6 Å². The molecule has 3 aliphatic rings. The average molecular weight is 798 g/mol. The van der Waals surface area contributed by atoms with Crippen molar-refractivity contribution in [3.63, 3.8) is 0 Å². The molecule has 0 spiro atoms. The molecule has 5 rings (SSSR count). The molecule has 1 aliphatic heterocycles. The Kier molecular flexibility index (Phi) is 13.9. The van der Waals surface area contributed by atoms with E-state index in [1.807, 2.05) is 0 Å². The molecule has 2 saturated carbocycles. The monoisotopic (exact) mass is 797 g/mol. The van der Waals surface area contributed by atoms with E-state index in [1.165, 1.54) is 23.5 Å². The topological polar surface area (TPSA) is 215 Å². The Morgan fingerprint density at radius 2 is 1.65 bits per heavy atom. The Balaban J connectivity index is 1.42. The van der Waals surface area contributed by atoms with Gasteiger partial charge in [0.2, 0.25) is 29.4 Å². The second-order valence-electron chi connectivity index (χ2n) is 16.3. The SMILES string of the molecule is CCCC(NC(=O)[C@H]1C[C@H](Oc2cc(C(C)(F)F)ncn2)CN1C(=O)C(NC(=O)C(NC(=O)c1cnccn1)C1CCCCC1)C(C)(C)C)C(=O)C(=O)NC1CC1. The number of halogens is 2. The Morgan fingerprint density at radius 1 is 0.930 bits per heavy atom. The van der Waals surface area contributed by atoms with Gasteiger partial charge in [-0.1, -0.05) is 53.4 Å². The molecule has 3 fully saturated rings. The van der Waals surface area contributed by atoms with Crippen molar-refractivity contribution in [1.82, 2.24) is 46.1 Å². The summed E-state index contributed by atoms with van der Waals surface area (Å²) in [7, 11) is 0. The lowest BCUT2D eigenvalue weighted by Gasteiger charge is -2.37. The molecule has 310 valence electrons. The van der Waals surface area contributed by atoms with Gasteiger partial charge in [-0.25, -0.2) is 15.0 Å². The molecule has 1 saturated heterocycles. The third-order valence-corrected chi connectivity index (χ3v) is 10.5. The minimum Gasteiger partial charge on any atom is -0.472 e. The summed E-state index contributed by atoms with van der Waals surface area (Å²) in [4.78, 5) is 99.2. The largest absolute Gasteiger partial charge is 0.472 e. The minimum absolute atomic E-state index is 0.0230. The quantitative estimate of drug-likeness (QED) is 0.181. The van der Waals surface area contributed by atoms with E-state index in [4.69, 9.17) is 4.74 Å². The zero-order valence-electron chi connectivity index (χ0n) is 33.1. The standard InChI is InChI=1S/C39H53F2N9O7/c1-6-10-25(31(51)36(55)46-23-13-14-23)47-34(53)27-17-24(57-29-18-28(39(5,40)41)44-21-45-29)20-50(27)37(56)32(38(2,3)4)49-35(54)30(22-11-8-7-9-12-22)48-33(52)26-19-42-15-16-43-26/h15-16,18-19,21-25,27,30,32H,6-14,17,20H2,1-5H3,(H,46,55)(H,47,53)(H,48,52)(H,49,54)/t24-,25?,27+,30?,32?/m0/s1. The van der Waals surface area contributed by atoms with E-state index in [0.717, 1.165) is 44.5 Å². The smallest absolute Gasteiger partial charge is 0.289 e. The predicted octanol–water partition coefficient (Wildman–Crippen LogP) is 2.77. The molecule has 4 N–H and O–H groups in total. The Hall–Kier alpha value is -5.16. The van der Waals surface area contributed by atoms with Gasteiger partial charge in [0.15, 0.2) is 0 Å². The van der Waals surface area contributed by atoms with Crippen molar-refractivity contribution >= 4 is 35.3 Å². The molecule has 3 heterocycles. The number of ether oxygens (including phenoxy) is 1. The van der Waals surface area contributed by atoms with Gasteiger partial charge in [0.05, 0.1) is 18.8 Å². The van der Waals surface area contributed by atoms with E-state index in [2.05, 4.69) is 41.2 Å². The number of hydrogen-bond acceptors (Lipinski definition) is 11. The molecular formula is C39H53F2N9O7. The fraction of sp³-hybridized carbons (Fsp3) is 0.641. The summed E-state index contributed by atoms with van der Waals surface area (Å²) in [6, 6.07) is -3.80. The molecule has 16 nitrogen and oxygen atoms in total. The zero-order chi connectivity index (χ0) is 41.5. The van der Waals surface area contributed by atoms with Crippen LogP contribution in [0.25, 0.3) is 0 Å². The van der Waals surface area contributed by atoms with Gasteiger partial charge in [0.1, 0.15) is 41.9 Å². The number of aromatic nitrogens is 4. The number of nitrogens with one attached hydrogen (secondary N) is 4. The highest BCUT2D eigenvalue weighted by molar-refractivity contribution is 6.38. The summed E-state index contributed by atoms with van der Waals surface area (Å²) in [5.41, 5.74) is -1.50. The molecule has 0 aromatic carbocycles. The van der Waals surface area contributed by atoms with Crippen LogP contribution >= 0.6 is 0 Å². The lowest BCUT2D eigenvalue weighted by molar-refractivity contribution is -0.145. The second-order valence-corrected chi connectivity index (χ2v) is 16.3. The first kappa shape index (κ1) is 43.0. The van der Waals surface area contributed by atoms with Crippen LogP contribution in [-0.4, -0.2) is 103 Å². The van der Waals surface area contributed by atoms with Crippen LogP contribution in [0, 0.1) is 11.3 Å². The summed E-state index contributed by atoms with van der Waals surface area (Å²) in [5.74, 6) is -7.93. The number of alkyl halides is 2. The second kappa shape index (κ2) is 18.4. The maximum atomic E-state index is 14.8. The van der Waals surface area contributed by atoms with Crippen LogP contribution in [0.4, 0.5) is 8.78 Å². The maximum absolute atomic E-state index is 14.8. The first-order chi connectivity index (χ1) is 27.0. The van der Waals surface area contributed by atoms with Crippen molar-refractivity contribution in [1.29, 1.82) is 0 Å². The summed E-state index contributed by atoms with van der Waals surface area (Å²) >= 11 is 0. The Morgan fingerprint density at radius 3 is 2.26 bits per heavy atom. The molecular weight excluding hydrogens is 744 g/mol. The predicted molar refractivity (Wildman–Crippen MR) is 200 cm³/mol. The van der Waals surface area contributed by atoms with Gasteiger partial charge < -0.3 is 30.9 Å². The molecule has 2 aromatic rings. The third kappa shape index (κ3) is 11.5. The van der Waals surface area contributed by atoms with Crippen LogP contribution in [-0.2, 0) is 29.9 Å². The van der Waals surface area contributed by atoms with Gasteiger partial charge in [0, 0.05) is 37.8 Å². The molecule has 5 amide bonds. The number of likely N-dealkylation sites (tertiary alicyclic amines) is 1. The lowest BCUT2D eigenvalue weighted by atomic mass is 9.82. The first-order valence-corrected chi connectivity index (χ1v) is 19.7. The van der Waals surface area contributed by atoms with Gasteiger partial charge in [-0.15, -0.1) is 0 Å². The number of hydrogen-bond donors (Lipinski definition) is 4. The Bertz CT molecular complexity index is 1780. The number of nitrogens with zero attached hydrogens (tertiary/aromatic N) is 5. The highest BCUT2D eigenvalue weighted by Crippen LogP contribution is 2.32. The summed E-state index contributed by atoms with van der Waals surface area (Å²) in [6.07, 6.45) is 10.1. The summed E-state index contributed by atoms with van der Waals surface area (Å²) in [6.45, 7) is 7.48. The van der Waals surface area contributed by atoms with Crippen LogP contribution in [0.1, 0.15) is 115 Å². The normalized spacial score (nSPS) is 20.4. The molecule has 0 radical (unpaired) electrons. The van der Waals surface area contributed by atoms with Gasteiger partial charge >= 0.3 is 0 Å². The van der Waals surface area contributed by atoms with Crippen molar-refractivity contribution in [2.45, 2.75) is 141 Å². The summed E-state index contributed by atoms with van der Waals surface area (Å²) < 4.78 is 34.2. The first-order valence-electron chi connectivity index (χ1n) is 19.7. The van der Waals surface area contributed by atoms with E-state index in [1.54, 1.807) is 27.7 Å². The number of Topliss-reactive ketones (excluding diaryl/α,β-unsaturated/α-hetero) is 1. The van der Waals surface area contributed by atoms with E-state index >= 15 is 0 Å². The number of carbonyl (C=O) groups is 6. The molecule has 18 heteroatoms. The van der Waals surface area contributed by atoms with Crippen molar-refractivity contribution in [2.75, 3.05) is 6.54 Å². The van der Waals surface area contributed by atoms with Gasteiger partial charge in [-0.2, -0.15) is 8.78 Å². The van der Waals surface area contributed by atoms with Crippen molar-refractivity contribution in [3.8, 4) is 5.88 Å². The van der Waals surface area contributed by atoms with Crippen LogP contribution in [0.2, 0.25) is 0 Å². The number of rotatable bonds is 16. The van der Waals surface area contributed by atoms with Crippen LogP contribution in [0.15, 0.2) is 31.0 Å². The molecule has 2 aliphatic carbocycles. The fourth-order valence-corrected chi connectivity index (χ4v) is 7.20. The molecule has 2 aromatic heterocycles. The molecule has 57 heavy (non-hydrogen) atoms. The van der Waals surface area contributed by atoms with Gasteiger partial charge in [-0.3, -0.25) is 33.8 Å². The van der Waals surface area contributed by atoms with Crippen LogP contribution in [0.5, 0.6) is 5.88 Å². The zero-order valence-corrected chi connectivity index (χ0v) is 33.1. The van der Waals surface area contributed by atoms with Crippen molar-refractivity contribution in [3.05, 3.63) is 42.4 Å². The van der Waals surface area contributed by atoms with Crippen molar-refractivity contribution < 1.29 is 42.3 Å². The maximum Gasteiger partial charge on any atom is 0.289 e. The number of carbonyl (C=O) groups excluding carboxylic acids is 6. The van der Waals surface area contributed by atoms with Crippen molar-refractivity contribution in [2.24, 2.45) is 11.3 Å². The van der Waals surface area contributed by atoms with E-state index in [9.17, 15) is 37.5 Å². The molecule has 0 bridgehead atoms. The van der Waals surface area contributed by atoms with Gasteiger partial charge in [0.25, 0.3) is 17.7 Å². The lowest BCUT2D eigenvalue weighted by Crippen LogP contribution is -2.62. The van der Waals surface area contributed by atoms with Crippen LogP contribution in [0.3, 0.4) is 0 Å². The third-order valence-electron chi connectivity index (χ3n) is 10.5. The minimum atomic E-state index is -3.30. The molecule has 5 atom stereocenters. The fourth-order valence-electron chi connectivity index (χ4n) is 7.20. The van der Waals surface area contributed by atoms with E-state index in [-0.39, 0.29) is 42.9 Å². The van der Waals surface area contributed by atoms with Gasteiger partial charge in [-0.05, 0) is 43.4 Å². The number of amides is 5. The summed E-state index contributed by atoms with van der Waals surface area (Å²) in [5, 5.41) is 11.0. The highest BCUT2D eigenvalue weighted by atomic mass is 19.3. The van der Waals surface area contributed by atoms with Crippen LogP contribution < -0.4 is 26.0 Å². The average Bonchev–Trinajstić information content (AvgIpc) is 3.90. The number of ketones is 1. The molecule has 3 unspecified atom stereocenters. The van der Waals surface area contributed by atoms with E-state index in [0.29, 0.717) is 26.2 Å². The Labute approximate surface area is 330 Å². The highest BCUT2D eigenvalue weighted by Gasteiger charge is 2.47.